The van der Waals surface area contributed by atoms with Gasteiger partial charge in [0.2, 0.25) is 9.84 Å². The van der Waals surface area contributed by atoms with Crippen molar-refractivity contribution in [3.05, 3.63) is 35.4 Å². The Balaban J connectivity index is 2.24. The van der Waals surface area contributed by atoms with Crippen LogP contribution in [0.5, 0.6) is 0 Å². The van der Waals surface area contributed by atoms with Gasteiger partial charge in [-0.25, -0.2) is 8.42 Å². The first-order valence-corrected chi connectivity index (χ1v) is 7.05. The van der Waals surface area contributed by atoms with Crippen LogP contribution in [-0.4, -0.2) is 15.0 Å². The van der Waals surface area contributed by atoms with Crippen LogP contribution < -0.4 is 4.90 Å². The fourth-order valence-electron chi connectivity index (χ4n) is 2.42. The second kappa shape index (κ2) is 3.35. The number of anilines is 1. The van der Waals surface area contributed by atoms with Crippen LogP contribution in [0, 0.1) is 0 Å². The van der Waals surface area contributed by atoms with E-state index in [4.69, 9.17) is 0 Å². The van der Waals surface area contributed by atoms with Crippen LogP contribution >= 0.6 is 0 Å². The van der Waals surface area contributed by atoms with Crippen molar-refractivity contribution in [2.75, 3.05) is 11.4 Å². The third-order valence-electron chi connectivity index (χ3n) is 3.17. The first kappa shape index (κ1) is 9.90. The number of piperidine rings is 1. The Hall–Kier alpha value is -1.29. The number of nitrogens with zero attached hydrogens (tertiary/aromatic N) is 1. The molecule has 4 heteroatoms. The molecular weight excluding hydrogens is 222 g/mol. The number of benzene rings is 1. The normalized spacial score (nSPS) is 22.0. The summed E-state index contributed by atoms with van der Waals surface area (Å²) in [5.41, 5.74) is 1.80. The van der Waals surface area contributed by atoms with Crippen LogP contribution in [0.25, 0.3) is 0 Å². The summed E-state index contributed by atoms with van der Waals surface area (Å²) in [6, 6.07) is 7.25. The molecule has 0 unspecified atom stereocenters. The van der Waals surface area contributed by atoms with Gasteiger partial charge in [0, 0.05) is 12.2 Å². The number of fused-ring (bicyclic) bond motifs is 3. The first-order chi connectivity index (χ1) is 7.68. The van der Waals surface area contributed by atoms with Gasteiger partial charge in [0.1, 0.15) is 0 Å². The molecule has 0 radical (unpaired) electrons. The molecule has 0 amide bonds. The quantitative estimate of drug-likeness (QED) is 0.692. The Morgan fingerprint density at radius 1 is 1.12 bits per heavy atom. The van der Waals surface area contributed by atoms with Gasteiger partial charge in [0.25, 0.3) is 0 Å². The Morgan fingerprint density at radius 2 is 1.94 bits per heavy atom. The minimum atomic E-state index is -3.22. The van der Waals surface area contributed by atoms with E-state index in [0.717, 1.165) is 37.2 Å². The fourth-order valence-corrected chi connectivity index (χ4v) is 3.88. The van der Waals surface area contributed by atoms with Crippen LogP contribution in [0.3, 0.4) is 0 Å². The van der Waals surface area contributed by atoms with Crippen molar-refractivity contribution in [1.82, 2.24) is 0 Å². The topological polar surface area (TPSA) is 37.4 Å². The molecule has 2 heterocycles. The van der Waals surface area contributed by atoms with Crippen molar-refractivity contribution in [3.8, 4) is 0 Å². The molecule has 1 aromatic rings. The molecule has 3 nitrogen and oxygen atoms in total. The molecule has 1 fully saturated rings. The van der Waals surface area contributed by atoms with Crippen molar-refractivity contribution in [2.45, 2.75) is 24.2 Å². The van der Waals surface area contributed by atoms with E-state index in [9.17, 15) is 8.42 Å². The van der Waals surface area contributed by atoms with Gasteiger partial charge in [-0.05, 0) is 31.4 Å². The molecule has 0 N–H and O–H groups in total. The van der Waals surface area contributed by atoms with E-state index in [1.54, 1.807) is 12.1 Å². The first-order valence-electron chi connectivity index (χ1n) is 5.51. The maximum Gasteiger partial charge on any atom is 0.203 e. The predicted octanol–water partition coefficient (Wildman–Crippen LogP) is 2.31. The van der Waals surface area contributed by atoms with E-state index in [-0.39, 0.29) is 0 Å². The summed E-state index contributed by atoms with van der Waals surface area (Å²) in [4.78, 5) is 2.58. The van der Waals surface area contributed by atoms with Crippen molar-refractivity contribution < 1.29 is 8.42 Å². The highest BCUT2D eigenvalue weighted by Crippen LogP contribution is 2.37. The molecule has 16 heavy (non-hydrogen) atoms. The molecule has 0 spiro atoms. The summed E-state index contributed by atoms with van der Waals surface area (Å²) in [6.45, 7) is 0.929. The van der Waals surface area contributed by atoms with Crippen LogP contribution in [0.2, 0.25) is 0 Å². The number of rotatable bonds is 0. The van der Waals surface area contributed by atoms with Gasteiger partial charge in [0.15, 0.2) is 0 Å². The van der Waals surface area contributed by atoms with Gasteiger partial charge >= 0.3 is 0 Å². The lowest BCUT2D eigenvalue weighted by molar-refractivity contribution is 0.594. The lowest BCUT2D eigenvalue weighted by atomic mass is 10.1. The Labute approximate surface area is 95.3 Å². The molecule has 3 rings (SSSR count). The SMILES string of the molecule is O=S1(=O)C=C2CCCCN2c2ccccc21. The fraction of sp³-hybridized carbons (Fsp3) is 0.333. The molecule has 2 aliphatic rings. The molecule has 0 aliphatic carbocycles. The van der Waals surface area contributed by atoms with E-state index < -0.39 is 9.84 Å². The van der Waals surface area contributed by atoms with Gasteiger partial charge in [0.05, 0.1) is 16.0 Å². The van der Waals surface area contributed by atoms with Crippen molar-refractivity contribution in [1.29, 1.82) is 0 Å². The minimum absolute atomic E-state index is 0.445. The third-order valence-corrected chi connectivity index (χ3v) is 4.71. The second-order valence-corrected chi connectivity index (χ2v) is 6.00. The van der Waals surface area contributed by atoms with E-state index in [1.807, 2.05) is 12.1 Å². The monoisotopic (exact) mass is 235 g/mol. The maximum absolute atomic E-state index is 12.0. The number of para-hydroxylation sites is 1. The van der Waals surface area contributed by atoms with Gasteiger partial charge in [-0.2, -0.15) is 0 Å². The molecule has 0 atom stereocenters. The molecule has 0 saturated carbocycles. The molecule has 0 bridgehead atoms. The van der Waals surface area contributed by atoms with Crippen LogP contribution in [-0.2, 0) is 9.84 Å². The number of sulfone groups is 1. The molecule has 0 aromatic heterocycles. The lowest BCUT2D eigenvalue weighted by Crippen LogP contribution is -2.32. The van der Waals surface area contributed by atoms with Crippen molar-refractivity contribution >= 4 is 15.5 Å². The highest BCUT2D eigenvalue weighted by molar-refractivity contribution is 7.94. The van der Waals surface area contributed by atoms with Gasteiger partial charge in [-0.3, -0.25) is 0 Å². The highest BCUT2D eigenvalue weighted by atomic mass is 32.2. The van der Waals surface area contributed by atoms with E-state index >= 15 is 0 Å². The summed E-state index contributed by atoms with van der Waals surface area (Å²) in [5, 5.41) is 1.44. The molecule has 1 saturated heterocycles. The Kier molecular flexibility index (Phi) is 2.07. The smallest absolute Gasteiger partial charge is 0.203 e. The minimum Gasteiger partial charge on any atom is -0.343 e. The molecule has 84 valence electrons. The Morgan fingerprint density at radius 3 is 2.81 bits per heavy atom. The van der Waals surface area contributed by atoms with E-state index in [2.05, 4.69) is 4.90 Å². The van der Waals surface area contributed by atoms with Gasteiger partial charge in [-0.15, -0.1) is 0 Å². The maximum atomic E-state index is 12.0. The molecular formula is C12H13NO2S. The largest absolute Gasteiger partial charge is 0.343 e. The second-order valence-electron chi connectivity index (χ2n) is 4.23. The zero-order chi connectivity index (χ0) is 11.2. The zero-order valence-corrected chi connectivity index (χ0v) is 9.70. The summed E-state index contributed by atoms with van der Waals surface area (Å²) >= 11 is 0. The number of hydrogen-bond donors (Lipinski definition) is 0. The summed E-state index contributed by atoms with van der Waals surface area (Å²) in [5.74, 6) is 0. The van der Waals surface area contributed by atoms with Crippen LogP contribution in [0.1, 0.15) is 19.3 Å². The number of hydrogen-bond acceptors (Lipinski definition) is 3. The van der Waals surface area contributed by atoms with Crippen molar-refractivity contribution in [3.63, 3.8) is 0 Å². The summed E-state index contributed by atoms with van der Waals surface area (Å²) in [7, 11) is -3.22. The Bertz CT molecular complexity index is 560. The van der Waals surface area contributed by atoms with Crippen LogP contribution in [0.15, 0.2) is 40.3 Å². The third kappa shape index (κ3) is 1.37. The standard InChI is InChI=1S/C12H13NO2S/c14-16(15)9-10-5-3-4-8-13(10)11-6-1-2-7-12(11)16/h1-2,6-7,9H,3-5,8H2. The van der Waals surface area contributed by atoms with Gasteiger partial charge in [-0.1, -0.05) is 12.1 Å². The summed E-state index contributed by atoms with van der Waals surface area (Å²) in [6.07, 6.45) is 3.08. The van der Waals surface area contributed by atoms with E-state index in [0.29, 0.717) is 4.90 Å². The highest BCUT2D eigenvalue weighted by Gasteiger charge is 2.29. The van der Waals surface area contributed by atoms with E-state index in [1.165, 1.54) is 5.41 Å². The predicted molar refractivity (Wildman–Crippen MR) is 62.9 cm³/mol. The lowest BCUT2D eigenvalue weighted by Gasteiger charge is -2.35. The molecule has 2 aliphatic heterocycles. The molecule has 1 aromatic carbocycles. The average molecular weight is 235 g/mol. The van der Waals surface area contributed by atoms with Gasteiger partial charge < -0.3 is 4.90 Å². The average Bonchev–Trinajstić information content (AvgIpc) is 2.29. The zero-order valence-electron chi connectivity index (χ0n) is 8.89. The summed E-state index contributed by atoms with van der Waals surface area (Å²) < 4.78 is 24.0. The number of allylic oxidation sites excluding steroid dienone is 1. The van der Waals surface area contributed by atoms with Crippen molar-refractivity contribution in [2.24, 2.45) is 0 Å². The van der Waals surface area contributed by atoms with Crippen LogP contribution in [0.4, 0.5) is 5.69 Å².